The van der Waals surface area contributed by atoms with Gasteiger partial charge >= 0.3 is 11.9 Å². The summed E-state index contributed by atoms with van der Waals surface area (Å²) in [5.74, 6) is -0.740. The SMILES string of the molecule is Cc1c(C(=O)OC2CCCCC2)sc2ncn(Cc3ccc(C(=O)OC(C)C)cc3)c(=O)c12. The molecule has 8 heteroatoms. The molecule has 1 saturated carbocycles. The van der Waals surface area contributed by atoms with Crippen LogP contribution in [0.5, 0.6) is 0 Å². The van der Waals surface area contributed by atoms with Gasteiger partial charge in [0, 0.05) is 0 Å². The normalized spacial score (nSPS) is 14.5. The van der Waals surface area contributed by atoms with Crippen LogP contribution >= 0.6 is 11.3 Å². The van der Waals surface area contributed by atoms with Crippen LogP contribution in [0.15, 0.2) is 35.4 Å². The number of aromatic nitrogens is 2. The third-order valence-corrected chi connectivity index (χ3v) is 6.99. The minimum Gasteiger partial charge on any atom is -0.459 e. The Bertz CT molecular complexity index is 1220. The molecule has 2 heterocycles. The van der Waals surface area contributed by atoms with Crippen LogP contribution in [-0.4, -0.2) is 33.7 Å². The molecule has 0 atom stereocenters. The molecule has 33 heavy (non-hydrogen) atoms. The fourth-order valence-electron chi connectivity index (χ4n) is 4.08. The highest BCUT2D eigenvalue weighted by Gasteiger charge is 2.24. The Balaban J connectivity index is 1.54. The number of benzene rings is 1. The van der Waals surface area contributed by atoms with E-state index < -0.39 is 0 Å². The third kappa shape index (κ3) is 5.16. The topological polar surface area (TPSA) is 87.5 Å². The molecule has 0 saturated heterocycles. The van der Waals surface area contributed by atoms with Gasteiger partial charge in [-0.15, -0.1) is 11.3 Å². The van der Waals surface area contributed by atoms with Crippen LogP contribution < -0.4 is 5.56 Å². The van der Waals surface area contributed by atoms with Crippen LogP contribution in [0.1, 0.15) is 77.1 Å². The Labute approximate surface area is 196 Å². The maximum absolute atomic E-state index is 13.2. The summed E-state index contributed by atoms with van der Waals surface area (Å²) in [7, 11) is 0. The van der Waals surface area contributed by atoms with E-state index in [0.717, 1.165) is 31.2 Å². The second kappa shape index (κ2) is 9.87. The van der Waals surface area contributed by atoms with Crippen molar-refractivity contribution >= 4 is 33.5 Å². The van der Waals surface area contributed by atoms with Gasteiger partial charge in [-0.3, -0.25) is 9.36 Å². The number of rotatable bonds is 6. The smallest absolute Gasteiger partial charge is 0.348 e. The van der Waals surface area contributed by atoms with E-state index in [4.69, 9.17) is 9.47 Å². The molecule has 2 aromatic heterocycles. The maximum Gasteiger partial charge on any atom is 0.348 e. The standard InChI is InChI=1S/C25H28N2O5S/c1-15(2)31-24(29)18-11-9-17(10-12-18)13-27-14-26-22-20(23(27)28)16(3)21(33-22)25(30)32-19-7-5-4-6-8-19/h9-12,14-15,19H,4-8,13H2,1-3H3. The summed E-state index contributed by atoms with van der Waals surface area (Å²) in [6.45, 7) is 5.68. The van der Waals surface area contributed by atoms with Crippen molar-refractivity contribution in [2.24, 2.45) is 0 Å². The molecule has 1 aromatic carbocycles. The quantitative estimate of drug-likeness (QED) is 0.480. The monoisotopic (exact) mass is 468 g/mol. The minimum absolute atomic E-state index is 0.0405. The van der Waals surface area contributed by atoms with Gasteiger partial charge in [-0.05, 0) is 69.7 Å². The highest BCUT2D eigenvalue weighted by Crippen LogP contribution is 2.29. The summed E-state index contributed by atoms with van der Waals surface area (Å²) in [6, 6.07) is 6.96. The number of ether oxygens (including phenoxy) is 2. The molecule has 1 aliphatic rings. The molecule has 0 N–H and O–H groups in total. The Morgan fingerprint density at radius 2 is 1.82 bits per heavy atom. The molecule has 0 bridgehead atoms. The van der Waals surface area contributed by atoms with Crippen LogP contribution in [-0.2, 0) is 16.0 Å². The highest BCUT2D eigenvalue weighted by atomic mass is 32.1. The molecular formula is C25H28N2O5S. The zero-order valence-electron chi connectivity index (χ0n) is 19.1. The van der Waals surface area contributed by atoms with Gasteiger partial charge in [0.2, 0.25) is 0 Å². The van der Waals surface area contributed by atoms with Crippen molar-refractivity contribution in [1.82, 2.24) is 9.55 Å². The first-order valence-electron chi connectivity index (χ1n) is 11.3. The highest BCUT2D eigenvalue weighted by molar-refractivity contribution is 7.20. The van der Waals surface area contributed by atoms with Crippen LogP contribution in [0.25, 0.3) is 10.2 Å². The lowest BCUT2D eigenvalue weighted by molar-refractivity contribution is 0.0215. The Morgan fingerprint density at radius 3 is 2.48 bits per heavy atom. The zero-order chi connectivity index (χ0) is 23.5. The second-order valence-corrected chi connectivity index (χ2v) is 9.73. The van der Waals surface area contributed by atoms with Crippen LogP contribution in [0, 0.1) is 6.92 Å². The lowest BCUT2D eigenvalue weighted by atomic mass is 9.98. The van der Waals surface area contributed by atoms with Crippen molar-refractivity contribution in [1.29, 1.82) is 0 Å². The predicted molar refractivity (Wildman–Crippen MR) is 127 cm³/mol. The number of aryl methyl sites for hydroxylation is 1. The zero-order valence-corrected chi connectivity index (χ0v) is 19.9. The van der Waals surface area contributed by atoms with E-state index in [9.17, 15) is 14.4 Å². The molecule has 3 aromatic rings. The number of thiophene rings is 1. The van der Waals surface area contributed by atoms with Gasteiger partial charge in [0.1, 0.15) is 15.8 Å². The van der Waals surface area contributed by atoms with Crippen LogP contribution in [0.2, 0.25) is 0 Å². The van der Waals surface area contributed by atoms with Gasteiger partial charge in [-0.25, -0.2) is 14.6 Å². The summed E-state index contributed by atoms with van der Waals surface area (Å²) < 4.78 is 12.4. The summed E-state index contributed by atoms with van der Waals surface area (Å²) in [5.41, 5.74) is 1.73. The largest absolute Gasteiger partial charge is 0.459 e. The van der Waals surface area contributed by atoms with Gasteiger partial charge in [0.25, 0.3) is 5.56 Å². The number of nitrogens with zero attached hydrogens (tertiary/aromatic N) is 2. The number of carbonyl (C=O) groups excluding carboxylic acids is 2. The molecular weight excluding hydrogens is 440 g/mol. The van der Waals surface area contributed by atoms with E-state index in [1.54, 1.807) is 45.0 Å². The lowest BCUT2D eigenvalue weighted by Gasteiger charge is -2.21. The van der Waals surface area contributed by atoms with Crippen molar-refractivity contribution in [3.63, 3.8) is 0 Å². The van der Waals surface area contributed by atoms with Crippen LogP contribution in [0.4, 0.5) is 0 Å². The molecule has 7 nitrogen and oxygen atoms in total. The van der Waals surface area contributed by atoms with E-state index in [-0.39, 0.29) is 29.7 Å². The van der Waals surface area contributed by atoms with Crippen molar-refractivity contribution in [2.75, 3.05) is 0 Å². The molecule has 0 spiro atoms. The average Bonchev–Trinajstić information content (AvgIpc) is 3.13. The van der Waals surface area contributed by atoms with Gasteiger partial charge in [0.15, 0.2) is 0 Å². The molecule has 0 radical (unpaired) electrons. The van der Waals surface area contributed by atoms with Gasteiger partial charge in [0.05, 0.1) is 29.9 Å². The van der Waals surface area contributed by atoms with Gasteiger partial charge in [-0.1, -0.05) is 18.6 Å². The number of fused-ring (bicyclic) bond motifs is 1. The van der Waals surface area contributed by atoms with Crippen LogP contribution in [0.3, 0.4) is 0 Å². The number of carbonyl (C=O) groups is 2. The summed E-state index contributed by atoms with van der Waals surface area (Å²) in [6.07, 6.45) is 6.41. The van der Waals surface area contributed by atoms with E-state index in [2.05, 4.69) is 4.98 Å². The molecule has 1 fully saturated rings. The molecule has 0 aliphatic heterocycles. The van der Waals surface area contributed by atoms with Crippen molar-refractivity contribution in [3.05, 3.63) is 62.5 Å². The Kier molecular flexibility index (Phi) is 6.93. The first-order valence-corrected chi connectivity index (χ1v) is 12.1. The van der Waals surface area contributed by atoms with Gasteiger partial charge in [-0.2, -0.15) is 0 Å². The first-order chi connectivity index (χ1) is 15.8. The van der Waals surface area contributed by atoms with Crippen molar-refractivity contribution in [2.45, 2.75) is 71.6 Å². The van der Waals surface area contributed by atoms with E-state index in [1.807, 2.05) is 0 Å². The van der Waals surface area contributed by atoms with E-state index in [0.29, 0.717) is 32.8 Å². The van der Waals surface area contributed by atoms with E-state index >= 15 is 0 Å². The number of esters is 2. The maximum atomic E-state index is 13.2. The molecule has 0 unspecified atom stereocenters. The third-order valence-electron chi connectivity index (χ3n) is 5.81. The molecule has 0 amide bonds. The van der Waals surface area contributed by atoms with E-state index in [1.165, 1.54) is 28.7 Å². The average molecular weight is 469 g/mol. The Hall–Kier alpha value is -3.00. The summed E-state index contributed by atoms with van der Waals surface area (Å²) >= 11 is 1.21. The number of hydrogen-bond acceptors (Lipinski definition) is 7. The fraction of sp³-hybridized carbons (Fsp3) is 0.440. The first kappa shape index (κ1) is 23.2. The molecule has 1 aliphatic carbocycles. The summed E-state index contributed by atoms with van der Waals surface area (Å²) in [4.78, 5) is 43.4. The Morgan fingerprint density at radius 1 is 1.12 bits per heavy atom. The molecule has 174 valence electrons. The molecule has 4 rings (SSSR count). The summed E-state index contributed by atoms with van der Waals surface area (Å²) in [5, 5.41) is 0.454. The lowest BCUT2D eigenvalue weighted by Crippen LogP contribution is -2.22. The second-order valence-electron chi connectivity index (χ2n) is 8.73. The van der Waals surface area contributed by atoms with Gasteiger partial charge < -0.3 is 9.47 Å². The fourth-order valence-corrected chi connectivity index (χ4v) is 5.10. The van der Waals surface area contributed by atoms with Crippen molar-refractivity contribution in [3.8, 4) is 0 Å². The number of hydrogen-bond donors (Lipinski definition) is 0. The van der Waals surface area contributed by atoms with Crippen molar-refractivity contribution < 1.29 is 19.1 Å². The predicted octanol–water partition coefficient (Wildman–Crippen LogP) is 4.87. The minimum atomic E-state index is -0.377.